The predicted octanol–water partition coefficient (Wildman–Crippen LogP) is 2.11. The van der Waals surface area contributed by atoms with Gasteiger partial charge in [-0.05, 0) is 24.4 Å². The maximum atomic E-state index is 11.5. The monoisotopic (exact) mass is 190 g/mol. The number of aryl methyl sites for hydroxylation is 1. The highest BCUT2D eigenvalue weighted by Gasteiger charge is 2.06. The first-order valence-corrected chi connectivity index (χ1v) is 4.30. The molecule has 0 aliphatic heterocycles. The number of benzene rings is 1. The van der Waals surface area contributed by atoms with Crippen LogP contribution in [0.15, 0.2) is 33.5 Å². The molecular weight excluding hydrogens is 180 g/mol. The maximum Gasteiger partial charge on any atom is 0.347 e. The maximum absolute atomic E-state index is 11.5. The Hall–Kier alpha value is -1.77. The molecule has 0 aliphatic carbocycles. The normalized spacial score (nSPS) is 10.4. The molecular formula is C11H10O3. The summed E-state index contributed by atoms with van der Waals surface area (Å²) in [4.78, 5) is 11.5. The Morgan fingerprint density at radius 1 is 1.36 bits per heavy atom. The van der Waals surface area contributed by atoms with Gasteiger partial charge in [0.1, 0.15) is 16.9 Å². The van der Waals surface area contributed by atoms with E-state index < -0.39 is 0 Å². The van der Waals surface area contributed by atoms with Crippen LogP contribution in [0.4, 0.5) is 0 Å². The zero-order valence-electron chi connectivity index (χ0n) is 8.03. The van der Waals surface area contributed by atoms with Gasteiger partial charge in [-0.1, -0.05) is 12.1 Å². The summed E-state index contributed by atoms with van der Waals surface area (Å²) >= 11 is 0. The third kappa shape index (κ3) is 1.27. The molecule has 0 N–H and O–H groups in total. The molecule has 14 heavy (non-hydrogen) atoms. The highest BCUT2D eigenvalue weighted by molar-refractivity contribution is 5.87. The average molecular weight is 190 g/mol. The van der Waals surface area contributed by atoms with E-state index >= 15 is 0 Å². The van der Waals surface area contributed by atoms with Gasteiger partial charge < -0.3 is 9.15 Å². The van der Waals surface area contributed by atoms with Crippen molar-refractivity contribution in [3.8, 4) is 5.75 Å². The van der Waals surface area contributed by atoms with Gasteiger partial charge in [0.25, 0.3) is 0 Å². The second-order valence-corrected chi connectivity index (χ2v) is 3.07. The van der Waals surface area contributed by atoms with E-state index in [-0.39, 0.29) is 5.63 Å². The van der Waals surface area contributed by atoms with Crippen molar-refractivity contribution >= 4 is 10.8 Å². The van der Waals surface area contributed by atoms with Crippen molar-refractivity contribution in [3.63, 3.8) is 0 Å². The van der Waals surface area contributed by atoms with Crippen molar-refractivity contribution in [1.82, 2.24) is 0 Å². The molecule has 0 radical (unpaired) electrons. The van der Waals surface area contributed by atoms with Crippen molar-refractivity contribution in [2.45, 2.75) is 6.92 Å². The Labute approximate surface area is 80.9 Å². The second-order valence-electron chi connectivity index (χ2n) is 3.07. The molecule has 0 unspecified atom stereocenters. The van der Waals surface area contributed by atoms with Crippen molar-refractivity contribution in [2.75, 3.05) is 7.11 Å². The van der Waals surface area contributed by atoms with Gasteiger partial charge >= 0.3 is 5.63 Å². The van der Waals surface area contributed by atoms with Crippen LogP contribution in [-0.2, 0) is 0 Å². The van der Waals surface area contributed by atoms with Crippen molar-refractivity contribution in [3.05, 3.63) is 40.4 Å². The minimum Gasteiger partial charge on any atom is -0.496 e. The van der Waals surface area contributed by atoms with Crippen LogP contribution in [-0.4, -0.2) is 7.11 Å². The highest BCUT2D eigenvalue weighted by Crippen LogP contribution is 2.22. The van der Waals surface area contributed by atoms with Crippen LogP contribution >= 0.6 is 0 Å². The summed E-state index contributed by atoms with van der Waals surface area (Å²) in [5.41, 5.74) is -0.350. The standard InChI is InChI=1S/C11H10O3/c1-7-6-8-4-3-5-9(13-2)10(8)11(12)14-7/h3-6H,1-2H3. The molecule has 3 heteroatoms. The Bertz CT molecular complexity index is 526. The van der Waals surface area contributed by atoms with Crippen LogP contribution in [0.1, 0.15) is 5.76 Å². The van der Waals surface area contributed by atoms with E-state index in [9.17, 15) is 4.79 Å². The minimum absolute atomic E-state index is 0.350. The molecule has 0 spiro atoms. The van der Waals surface area contributed by atoms with Crippen LogP contribution in [0, 0.1) is 6.92 Å². The van der Waals surface area contributed by atoms with Gasteiger partial charge in [0.05, 0.1) is 7.11 Å². The fourth-order valence-electron chi connectivity index (χ4n) is 1.50. The Morgan fingerprint density at radius 2 is 2.14 bits per heavy atom. The molecule has 0 saturated carbocycles. The lowest BCUT2D eigenvalue weighted by Crippen LogP contribution is -2.02. The first-order chi connectivity index (χ1) is 6.72. The van der Waals surface area contributed by atoms with E-state index in [1.807, 2.05) is 18.2 Å². The summed E-state index contributed by atoms with van der Waals surface area (Å²) in [6.45, 7) is 1.75. The summed E-state index contributed by atoms with van der Waals surface area (Å²) in [7, 11) is 1.54. The SMILES string of the molecule is COc1cccc2cc(C)oc(=O)c12. The molecule has 1 aromatic heterocycles. The summed E-state index contributed by atoms with van der Waals surface area (Å²) in [6.07, 6.45) is 0. The average Bonchev–Trinajstić information content (AvgIpc) is 2.16. The second kappa shape index (κ2) is 3.18. The van der Waals surface area contributed by atoms with Gasteiger partial charge in [0, 0.05) is 0 Å². The van der Waals surface area contributed by atoms with Crippen LogP contribution in [0.25, 0.3) is 10.8 Å². The van der Waals surface area contributed by atoms with Crippen LogP contribution in [0.2, 0.25) is 0 Å². The largest absolute Gasteiger partial charge is 0.496 e. The quantitative estimate of drug-likeness (QED) is 0.691. The first-order valence-electron chi connectivity index (χ1n) is 4.30. The van der Waals surface area contributed by atoms with E-state index in [0.717, 1.165) is 5.39 Å². The summed E-state index contributed by atoms with van der Waals surface area (Å²) in [5.74, 6) is 1.16. The molecule has 0 saturated heterocycles. The molecule has 72 valence electrons. The third-order valence-electron chi connectivity index (χ3n) is 2.09. The lowest BCUT2D eigenvalue weighted by Gasteiger charge is -2.03. The van der Waals surface area contributed by atoms with Gasteiger partial charge in [-0.25, -0.2) is 4.79 Å². The molecule has 0 aliphatic rings. The molecule has 1 aromatic carbocycles. The van der Waals surface area contributed by atoms with E-state index in [0.29, 0.717) is 16.9 Å². The van der Waals surface area contributed by atoms with Crippen molar-refractivity contribution in [2.24, 2.45) is 0 Å². The fourth-order valence-corrected chi connectivity index (χ4v) is 1.50. The summed E-state index contributed by atoms with van der Waals surface area (Å²) < 4.78 is 10.1. The molecule has 0 atom stereocenters. The molecule has 0 fully saturated rings. The molecule has 2 rings (SSSR count). The highest BCUT2D eigenvalue weighted by atomic mass is 16.5. The molecule has 0 amide bonds. The zero-order chi connectivity index (χ0) is 10.1. The van der Waals surface area contributed by atoms with Gasteiger partial charge in [-0.3, -0.25) is 0 Å². The minimum atomic E-state index is -0.350. The van der Waals surface area contributed by atoms with E-state index in [4.69, 9.17) is 9.15 Å². The predicted molar refractivity (Wildman–Crippen MR) is 53.8 cm³/mol. The molecule has 3 nitrogen and oxygen atoms in total. The van der Waals surface area contributed by atoms with Crippen molar-refractivity contribution in [1.29, 1.82) is 0 Å². The summed E-state index contributed by atoms with van der Waals surface area (Å²) in [6, 6.07) is 7.27. The lowest BCUT2D eigenvalue weighted by molar-refractivity contribution is 0.416. The molecule has 1 heterocycles. The number of hydrogen-bond acceptors (Lipinski definition) is 3. The fraction of sp³-hybridized carbons (Fsp3) is 0.182. The zero-order valence-corrected chi connectivity index (χ0v) is 8.03. The number of hydrogen-bond donors (Lipinski definition) is 0. The number of ether oxygens (including phenoxy) is 1. The topological polar surface area (TPSA) is 39.4 Å². The van der Waals surface area contributed by atoms with E-state index in [2.05, 4.69) is 0 Å². The lowest BCUT2D eigenvalue weighted by atomic mass is 10.1. The Morgan fingerprint density at radius 3 is 2.86 bits per heavy atom. The van der Waals surface area contributed by atoms with Crippen LogP contribution < -0.4 is 10.4 Å². The van der Waals surface area contributed by atoms with Crippen LogP contribution in [0.5, 0.6) is 5.75 Å². The molecule has 0 bridgehead atoms. The van der Waals surface area contributed by atoms with Gasteiger partial charge in [0.2, 0.25) is 0 Å². The first kappa shape index (κ1) is 8.81. The molecule has 2 aromatic rings. The Kier molecular flexibility index (Phi) is 2.00. The van der Waals surface area contributed by atoms with E-state index in [1.165, 1.54) is 7.11 Å². The van der Waals surface area contributed by atoms with Gasteiger partial charge in [-0.2, -0.15) is 0 Å². The number of rotatable bonds is 1. The number of methoxy groups -OCH3 is 1. The summed E-state index contributed by atoms with van der Waals surface area (Å²) in [5, 5.41) is 1.35. The Balaban J connectivity index is 2.94. The van der Waals surface area contributed by atoms with Crippen LogP contribution in [0.3, 0.4) is 0 Å². The number of fused-ring (bicyclic) bond motifs is 1. The van der Waals surface area contributed by atoms with Gasteiger partial charge in [0.15, 0.2) is 0 Å². The van der Waals surface area contributed by atoms with Crippen molar-refractivity contribution < 1.29 is 9.15 Å². The smallest absolute Gasteiger partial charge is 0.347 e. The van der Waals surface area contributed by atoms with Gasteiger partial charge in [-0.15, -0.1) is 0 Å². The third-order valence-corrected chi connectivity index (χ3v) is 2.09. The van der Waals surface area contributed by atoms with E-state index in [1.54, 1.807) is 13.0 Å².